The maximum atomic E-state index is 13.2. The lowest BCUT2D eigenvalue weighted by Crippen LogP contribution is -2.17. The molecule has 0 fully saturated rings. The van der Waals surface area contributed by atoms with Crippen LogP contribution in [0.4, 0.5) is 11.5 Å². The highest BCUT2D eigenvalue weighted by Gasteiger charge is 2.18. The standard InChI is InChI=1S/C28H25ClN6O2/c1-15-10-22(11-16(2)31-15)32-28(36)27-33-24-9-8-20(25-17(3)35-37-18(25)4)13-23(24)26(34-27)30-14-19-6-5-7-21(29)12-19/h5-13H,14H2,1-4H3,(H,30,33,34)(H,31,32,36). The molecular weight excluding hydrogens is 488 g/mol. The van der Waals surface area contributed by atoms with Crippen LogP contribution in [-0.2, 0) is 6.54 Å². The van der Waals surface area contributed by atoms with E-state index in [1.165, 1.54) is 0 Å². The first-order valence-corrected chi connectivity index (χ1v) is 12.1. The summed E-state index contributed by atoms with van der Waals surface area (Å²) in [4.78, 5) is 26.7. The molecule has 0 aliphatic heterocycles. The number of aromatic nitrogens is 4. The second-order valence-corrected chi connectivity index (χ2v) is 9.34. The molecule has 5 rings (SSSR count). The molecule has 0 radical (unpaired) electrons. The topological polar surface area (TPSA) is 106 Å². The van der Waals surface area contributed by atoms with Gasteiger partial charge in [-0.15, -0.1) is 0 Å². The Morgan fingerprint density at radius 3 is 2.43 bits per heavy atom. The minimum atomic E-state index is -0.410. The van der Waals surface area contributed by atoms with Crippen LogP contribution in [0.3, 0.4) is 0 Å². The van der Waals surface area contributed by atoms with Gasteiger partial charge in [0.05, 0.1) is 11.2 Å². The molecule has 0 aliphatic carbocycles. The number of nitrogens with zero attached hydrogens (tertiary/aromatic N) is 4. The van der Waals surface area contributed by atoms with Crippen molar-refractivity contribution in [2.45, 2.75) is 34.2 Å². The Balaban J connectivity index is 1.56. The monoisotopic (exact) mass is 512 g/mol. The molecule has 2 N–H and O–H groups in total. The molecule has 0 spiro atoms. The molecule has 9 heteroatoms. The number of fused-ring (bicyclic) bond motifs is 1. The van der Waals surface area contributed by atoms with Gasteiger partial charge in [0, 0.05) is 39.6 Å². The lowest BCUT2D eigenvalue weighted by molar-refractivity contribution is 0.101. The highest BCUT2D eigenvalue weighted by molar-refractivity contribution is 6.30. The van der Waals surface area contributed by atoms with Crippen LogP contribution in [0.15, 0.2) is 59.1 Å². The molecule has 1 amide bonds. The Hall–Kier alpha value is -4.30. The van der Waals surface area contributed by atoms with Gasteiger partial charge < -0.3 is 15.2 Å². The van der Waals surface area contributed by atoms with Crippen molar-refractivity contribution >= 4 is 39.9 Å². The molecule has 3 heterocycles. The predicted molar refractivity (Wildman–Crippen MR) is 145 cm³/mol. The molecule has 3 aromatic heterocycles. The van der Waals surface area contributed by atoms with Crippen LogP contribution in [0, 0.1) is 27.7 Å². The molecule has 0 saturated heterocycles. The first-order valence-electron chi connectivity index (χ1n) is 11.8. The highest BCUT2D eigenvalue weighted by Crippen LogP contribution is 2.32. The van der Waals surface area contributed by atoms with E-state index in [9.17, 15) is 4.79 Å². The maximum absolute atomic E-state index is 13.2. The van der Waals surface area contributed by atoms with Crippen molar-refractivity contribution in [2.75, 3.05) is 10.6 Å². The van der Waals surface area contributed by atoms with Crippen molar-refractivity contribution in [3.05, 3.63) is 93.8 Å². The van der Waals surface area contributed by atoms with E-state index in [2.05, 4.69) is 30.7 Å². The number of benzene rings is 2. The van der Waals surface area contributed by atoms with Gasteiger partial charge in [0.1, 0.15) is 11.6 Å². The number of hydrogen-bond donors (Lipinski definition) is 2. The van der Waals surface area contributed by atoms with Crippen LogP contribution in [0.5, 0.6) is 0 Å². The van der Waals surface area contributed by atoms with Crippen LogP contribution in [0.25, 0.3) is 22.0 Å². The molecule has 8 nitrogen and oxygen atoms in total. The number of rotatable bonds is 6. The minimum Gasteiger partial charge on any atom is -0.365 e. The van der Waals surface area contributed by atoms with Crippen molar-refractivity contribution in [3.8, 4) is 11.1 Å². The van der Waals surface area contributed by atoms with E-state index in [1.54, 1.807) is 12.1 Å². The highest BCUT2D eigenvalue weighted by atomic mass is 35.5. The summed E-state index contributed by atoms with van der Waals surface area (Å²) in [6.45, 7) is 8.00. The fraction of sp³-hybridized carbons (Fsp3) is 0.179. The van der Waals surface area contributed by atoms with Gasteiger partial charge in [-0.05, 0) is 75.2 Å². The molecule has 5 aromatic rings. The molecule has 0 atom stereocenters. The second kappa shape index (κ2) is 9.99. The largest absolute Gasteiger partial charge is 0.365 e. The molecule has 0 aliphatic rings. The van der Waals surface area contributed by atoms with Gasteiger partial charge in [0.15, 0.2) is 0 Å². The third-order valence-electron chi connectivity index (χ3n) is 5.91. The number of halogens is 1. The Labute approximate surface area is 219 Å². The molecule has 37 heavy (non-hydrogen) atoms. The fourth-order valence-corrected chi connectivity index (χ4v) is 4.55. The van der Waals surface area contributed by atoms with E-state index in [-0.39, 0.29) is 5.82 Å². The second-order valence-electron chi connectivity index (χ2n) is 8.90. The summed E-state index contributed by atoms with van der Waals surface area (Å²) < 4.78 is 5.37. The predicted octanol–water partition coefficient (Wildman–Crippen LogP) is 6.43. The van der Waals surface area contributed by atoms with Gasteiger partial charge in [-0.3, -0.25) is 9.78 Å². The summed E-state index contributed by atoms with van der Waals surface area (Å²) in [5.41, 5.74) is 6.52. The van der Waals surface area contributed by atoms with E-state index in [1.807, 2.05) is 70.2 Å². The Bertz CT molecular complexity index is 1610. The average Bonchev–Trinajstić information content (AvgIpc) is 3.19. The third-order valence-corrected chi connectivity index (χ3v) is 6.14. The van der Waals surface area contributed by atoms with E-state index in [0.717, 1.165) is 44.9 Å². The number of hydrogen-bond acceptors (Lipinski definition) is 7. The quantitative estimate of drug-likeness (QED) is 0.270. The lowest BCUT2D eigenvalue weighted by atomic mass is 10.0. The minimum absolute atomic E-state index is 0.0540. The lowest BCUT2D eigenvalue weighted by Gasteiger charge is -2.13. The zero-order valence-corrected chi connectivity index (χ0v) is 21.6. The number of pyridine rings is 1. The van der Waals surface area contributed by atoms with Crippen LogP contribution < -0.4 is 10.6 Å². The van der Waals surface area contributed by atoms with Gasteiger partial charge in [-0.2, -0.15) is 0 Å². The number of carbonyl (C=O) groups is 1. The normalized spacial score (nSPS) is 11.1. The van der Waals surface area contributed by atoms with Crippen molar-refractivity contribution in [2.24, 2.45) is 0 Å². The molecule has 0 unspecified atom stereocenters. The Morgan fingerprint density at radius 1 is 0.946 bits per heavy atom. The number of anilines is 2. The van der Waals surface area contributed by atoms with E-state index >= 15 is 0 Å². The number of amides is 1. The van der Waals surface area contributed by atoms with Gasteiger partial charge >= 0.3 is 0 Å². The first-order chi connectivity index (χ1) is 17.8. The van der Waals surface area contributed by atoms with Gasteiger partial charge in [0.25, 0.3) is 5.91 Å². The SMILES string of the molecule is Cc1cc(NC(=O)c2nc(NCc3cccc(Cl)c3)c3cc(-c4c(C)noc4C)ccc3n2)cc(C)n1. The molecule has 186 valence electrons. The van der Waals surface area contributed by atoms with Gasteiger partial charge in [-0.1, -0.05) is 35.0 Å². The van der Waals surface area contributed by atoms with Gasteiger partial charge in [-0.25, -0.2) is 9.97 Å². The fourth-order valence-electron chi connectivity index (χ4n) is 4.34. The summed E-state index contributed by atoms with van der Waals surface area (Å²) in [6.07, 6.45) is 0. The molecule has 2 aromatic carbocycles. The van der Waals surface area contributed by atoms with Gasteiger partial charge in [0.2, 0.25) is 5.82 Å². The summed E-state index contributed by atoms with van der Waals surface area (Å²) in [7, 11) is 0. The van der Waals surface area contributed by atoms with Crippen LogP contribution in [0.1, 0.15) is 39.0 Å². The number of aryl methyl sites for hydroxylation is 4. The Kier molecular flexibility index (Phi) is 6.58. The van der Waals surface area contributed by atoms with Crippen LogP contribution >= 0.6 is 11.6 Å². The van der Waals surface area contributed by atoms with E-state index < -0.39 is 5.91 Å². The van der Waals surface area contributed by atoms with Crippen molar-refractivity contribution < 1.29 is 9.32 Å². The smallest absolute Gasteiger partial charge is 0.293 e. The Morgan fingerprint density at radius 2 is 1.73 bits per heavy atom. The average molecular weight is 513 g/mol. The van der Waals surface area contributed by atoms with Crippen molar-refractivity contribution in [1.82, 2.24) is 20.1 Å². The molecular formula is C28H25ClN6O2. The van der Waals surface area contributed by atoms with Crippen molar-refractivity contribution in [1.29, 1.82) is 0 Å². The number of nitrogens with one attached hydrogen (secondary N) is 2. The molecule has 0 saturated carbocycles. The zero-order valence-electron chi connectivity index (χ0n) is 20.9. The number of carbonyl (C=O) groups excluding carboxylic acids is 1. The van der Waals surface area contributed by atoms with E-state index in [4.69, 9.17) is 16.1 Å². The van der Waals surface area contributed by atoms with E-state index in [0.29, 0.717) is 28.6 Å². The summed E-state index contributed by atoms with van der Waals surface area (Å²) in [5, 5.41) is 11.8. The first kappa shape index (κ1) is 24.4. The summed E-state index contributed by atoms with van der Waals surface area (Å²) >= 11 is 6.17. The van der Waals surface area contributed by atoms with Crippen LogP contribution in [0.2, 0.25) is 5.02 Å². The third kappa shape index (κ3) is 5.29. The summed E-state index contributed by atoms with van der Waals surface area (Å²) in [6, 6.07) is 17.0. The van der Waals surface area contributed by atoms with Crippen LogP contribution in [-0.4, -0.2) is 26.0 Å². The van der Waals surface area contributed by atoms with Crippen molar-refractivity contribution in [3.63, 3.8) is 0 Å². The molecule has 0 bridgehead atoms. The maximum Gasteiger partial charge on any atom is 0.293 e. The zero-order chi connectivity index (χ0) is 26.1. The summed E-state index contributed by atoms with van der Waals surface area (Å²) in [5.74, 6) is 0.904.